The summed E-state index contributed by atoms with van der Waals surface area (Å²) in [6, 6.07) is 2.97. The van der Waals surface area contributed by atoms with Crippen LogP contribution in [-0.4, -0.2) is 38.9 Å². The van der Waals surface area contributed by atoms with Gasteiger partial charge >= 0.3 is 17.9 Å². The molecule has 0 aliphatic rings. The van der Waals surface area contributed by atoms with Crippen molar-refractivity contribution in [1.82, 2.24) is 0 Å². The van der Waals surface area contributed by atoms with Gasteiger partial charge in [-0.1, -0.05) is 131 Å². The fourth-order valence-corrected chi connectivity index (χ4v) is 9.09. The number of ether oxygens (including phenoxy) is 2. The summed E-state index contributed by atoms with van der Waals surface area (Å²) in [6.07, 6.45) is 19.4. The lowest BCUT2D eigenvalue weighted by atomic mass is 10.2. The summed E-state index contributed by atoms with van der Waals surface area (Å²) >= 11 is 0. The van der Waals surface area contributed by atoms with E-state index in [4.69, 9.17) is 13.9 Å². The molecule has 0 fully saturated rings. The minimum Gasteiger partial charge on any atom is -0.516 e. The zero-order valence-electron chi connectivity index (χ0n) is 26.0. The van der Waals surface area contributed by atoms with Gasteiger partial charge in [0.05, 0.1) is 6.61 Å². The van der Waals surface area contributed by atoms with Crippen LogP contribution >= 0.6 is 0 Å². The smallest absolute Gasteiger partial charge is 0.334 e. The average molecular weight is 569 g/mol. The molecule has 228 valence electrons. The third kappa shape index (κ3) is 20.0. The highest BCUT2D eigenvalue weighted by Crippen LogP contribution is 2.32. The van der Waals surface area contributed by atoms with E-state index in [2.05, 4.69) is 27.7 Å². The largest absolute Gasteiger partial charge is 0.516 e. The molecule has 0 saturated carbocycles. The van der Waals surface area contributed by atoms with Gasteiger partial charge in [-0.15, -0.1) is 0 Å². The molecule has 0 bridgehead atoms. The van der Waals surface area contributed by atoms with Gasteiger partial charge in [0.1, 0.15) is 0 Å². The van der Waals surface area contributed by atoms with Crippen LogP contribution in [0.5, 0.6) is 0 Å². The van der Waals surface area contributed by atoms with Crippen molar-refractivity contribution < 1.29 is 28.3 Å². The summed E-state index contributed by atoms with van der Waals surface area (Å²) in [5.41, 5.74) is 0. The summed E-state index contributed by atoms with van der Waals surface area (Å²) < 4.78 is 17.0. The standard InChI is InChI=1S/C32H60O6Si/c1-6-11-15-19-25-36-30(33)23-24-31(34)37-29(10-5)32(35)38-39(26-20-16-12-7-2,27-21-17-13-8-3)28-22-18-14-9-4/h23-24,29H,6-22,25-28H2,1-5H3/b24-23+. The molecule has 7 heteroatoms. The van der Waals surface area contributed by atoms with E-state index in [1.165, 1.54) is 57.8 Å². The first-order valence-electron chi connectivity index (χ1n) is 16.2. The molecule has 0 amide bonds. The van der Waals surface area contributed by atoms with Crippen LogP contribution in [0.3, 0.4) is 0 Å². The second-order valence-corrected chi connectivity index (χ2v) is 15.0. The first-order chi connectivity index (χ1) is 18.9. The van der Waals surface area contributed by atoms with E-state index in [0.717, 1.165) is 75.2 Å². The van der Waals surface area contributed by atoms with Crippen LogP contribution in [0, 0.1) is 0 Å². The van der Waals surface area contributed by atoms with Crippen molar-refractivity contribution in [1.29, 1.82) is 0 Å². The van der Waals surface area contributed by atoms with Crippen LogP contribution in [0.25, 0.3) is 0 Å². The zero-order valence-corrected chi connectivity index (χ0v) is 27.0. The van der Waals surface area contributed by atoms with Crippen molar-refractivity contribution >= 4 is 26.2 Å². The Bertz CT molecular complexity index is 632. The minimum atomic E-state index is -2.33. The van der Waals surface area contributed by atoms with Gasteiger partial charge < -0.3 is 13.9 Å². The molecule has 0 aliphatic carbocycles. The van der Waals surface area contributed by atoms with E-state index in [0.29, 0.717) is 13.0 Å². The number of carbonyl (C=O) groups is 3. The maximum atomic E-state index is 13.4. The zero-order chi connectivity index (χ0) is 29.2. The van der Waals surface area contributed by atoms with E-state index in [1.54, 1.807) is 0 Å². The Morgan fingerprint density at radius 1 is 0.590 bits per heavy atom. The lowest BCUT2D eigenvalue weighted by Gasteiger charge is -2.33. The molecule has 0 spiro atoms. The van der Waals surface area contributed by atoms with Gasteiger partial charge in [-0.05, 0) is 31.0 Å². The number of carbonyl (C=O) groups excluding carboxylic acids is 3. The third-order valence-electron chi connectivity index (χ3n) is 7.26. The monoisotopic (exact) mass is 568 g/mol. The Labute approximate surface area is 241 Å². The Kier molecular flexibility index (Phi) is 24.3. The Morgan fingerprint density at radius 2 is 1.03 bits per heavy atom. The molecule has 0 aromatic heterocycles. The van der Waals surface area contributed by atoms with Gasteiger partial charge in [-0.2, -0.15) is 0 Å². The molecule has 0 radical (unpaired) electrons. The number of hydrogen-bond acceptors (Lipinski definition) is 6. The van der Waals surface area contributed by atoms with Gasteiger partial charge in [-0.25, -0.2) is 14.4 Å². The second-order valence-electron chi connectivity index (χ2n) is 10.9. The fraction of sp³-hybridized carbons (Fsp3) is 0.844. The summed E-state index contributed by atoms with van der Waals surface area (Å²) in [6.45, 7) is 10.9. The highest BCUT2D eigenvalue weighted by molar-refractivity contribution is 6.75. The Morgan fingerprint density at radius 3 is 1.46 bits per heavy atom. The van der Waals surface area contributed by atoms with Gasteiger partial charge in [0.25, 0.3) is 8.32 Å². The van der Waals surface area contributed by atoms with Crippen LogP contribution in [0.4, 0.5) is 0 Å². The lowest BCUT2D eigenvalue weighted by molar-refractivity contribution is -0.159. The maximum absolute atomic E-state index is 13.4. The molecule has 0 N–H and O–H groups in total. The second kappa shape index (κ2) is 25.3. The van der Waals surface area contributed by atoms with Crippen molar-refractivity contribution in [2.75, 3.05) is 6.61 Å². The van der Waals surface area contributed by atoms with Gasteiger partial charge in [0.15, 0.2) is 6.10 Å². The van der Waals surface area contributed by atoms with Crippen LogP contribution in [0.15, 0.2) is 12.2 Å². The van der Waals surface area contributed by atoms with Crippen LogP contribution in [-0.2, 0) is 28.3 Å². The molecule has 1 unspecified atom stereocenters. The summed E-state index contributed by atoms with van der Waals surface area (Å²) in [5, 5.41) is 0. The number of hydrogen-bond donors (Lipinski definition) is 0. The van der Waals surface area contributed by atoms with Crippen LogP contribution in [0.1, 0.15) is 144 Å². The van der Waals surface area contributed by atoms with Crippen LogP contribution < -0.4 is 0 Å². The van der Waals surface area contributed by atoms with Crippen LogP contribution in [0.2, 0.25) is 18.1 Å². The number of rotatable bonds is 26. The van der Waals surface area contributed by atoms with Crippen molar-refractivity contribution in [2.24, 2.45) is 0 Å². The molecule has 6 nitrogen and oxygen atoms in total. The van der Waals surface area contributed by atoms with E-state index < -0.39 is 32.3 Å². The van der Waals surface area contributed by atoms with Gasteiger partial charge in [-0.3, -0.25) is 0 Å². The molecule has 0 rings (SSSR count). The van der Waals surface area contributed by atoms with Crippen molar-refractivity contribution in [3.8, 4) is 0 Å². The fourth-order valence-electron chi connectivity index (χ4n) is 4.79. The van der Waals surface area contributed by atoms with E-state index in [1.807, 2.05) is 6.92 Å². The molecule has 0 aliphatic heterocycles. The first kappa shape index (κ1) is 37.4. The SMILES string of the molecule is CCCCCCOC(=O)/C=C/C(=O)OC(CC)C(=O)O[Si](CCCCCC)(CCCCCC)CCCCCC. The molecule has 1 atom stereocenters. The Hall–Kier alpha value is -1.63. The maximum Gasteiger partial charge on any atom is 0.334 e. The summed E-state index contributed by atoms with van der Waals surface area (Å²) in [5.74, 6) is -1.70. The van der Waals surface area contributed by atoms with Crippen molar-refractivity contribution in [2.45, 2.75) is 168 Å². The van der Waals surface area contributed by atoms with E-state index in [9.17, 15) is 14.4 Å². The third-order valence-corrected chi connectivity index (χ3v) is 11.7. The molecule has 0 aromatic carbocycles. The van der Waals surface area contributed by atoms with Gasteiger partial charge in [0, 0.05) is 12.2 Å². The van der Waals surface area contributed by atoms with Gasteiger partial charge in [0.2, 0.25) is 0 Å². The highest BCUT2D eigenvalue weighted by atomic mass is 28.4. The normalized spacial score (nSPS) is 12.4. The Balaban J connectivity index is 5.27. The predicted molar refractivity (Wildman–Crippen MR) is 163 cm³/mol. The lowest BCUT2D eigenvalue weighted by Crippen LogP contribution is -2.44. The molecule has 0 saturated heterocycles. The van der Waals surface area contributed by atoms with E-state index in [-0.39, 0.29) is 0 Å². The number of unbranched alkanes of at least 4 members (excludes halogenated alkanes) is 12. The topological polar surface area (TPSA) is 78.9 Å². The highest BCUT2D eigenvalue weighted by Gasteiger charge is 2.39. The number of esters is 2. The van der Waals surface area contributed by atoms with E-state index >= 15 is 0 Å². The molecular weight excluding hydrogens is 508 g/mol. The summed E-state index contributed by atoms with van der Waals surface area (Å²) in [7, 11) is -2.33. The first-order valence-corrected chi connectivity index (χ1v) is 18.7. The van der Waals surface area contributed by atoms with Crippen molar-refractivity contribution in [3.63, 3.8) is 0 Å². The quantitative estimate of drug-likeness (QED) is 0.0448. The molecule has 0 aromatic rings. The van der Waals surface area contributed by atoms with Crippen molar-refractivity contribution in [3.05, 3.63) is 12.2 Å². The average Bonchev–Trinajstić information content (AvgIpc) is 2.93. The predicted octanol–water partition coefficient (Wildman–Crippen LogP) is 9.22. The molecular formula is C32H60O6Si. The molecule has 39 heavy (non-hydrogen) atoms. The molecule has 0 heterocycles. The minimum absolute atomic E-state index is 0.337. The summed E-state index contributed by atoms with van der Waals surface area (Å²) in [4.78, 5) is 37.7.